The van der Waals surface area contributed by atoms with E-state index in [0.29, 0.717) is 6.61 Å². The van der Waals surface area contributed by atoms with Crippen molar-refractivity contribution < 1.29 is 14.0 Å². The van der Waals surface area contributed by atoms with Crippen molar-refractivity contribution in [2.45, 2.75) is 0 Å². The SMILES string of the molecule is COc1ccccc1OCC[N+](C)(C)C. The number of nitrogens with zero attached hydrogens (tertiary/aromatic N) is 1. The second kappa shape index (κ2) is 5.03. The fourth-order valence-corrected chi connectivity index (χ4v) is 1.17. The average Bonchev–Trinajstić information content (AvgIpc) is 2.16. The van der Waals surface area contributed by atoms with Crippen LogP contribution in [-0.2, 0) is 0 Å². The number of para-hydroxylation sites is 2. The Morgan fingerprint density at radius 1 is 1.07 bits per heavy atom. The van der Waals surface area contributed by atoms with Gasteiger partial charge in [-0.05, 0) is 12.1 Å². The molecule has 1 rings (SSSR count). The lowest BCUT2D eigenvalue weighted by molar-refractivity contribution is -0.870. The zero-order valence-electron chi connectivity index (χ0n) is 9.99. The van der Waals surface area contributed by atoms with Crippen LogP contribution in [0.1, 0.15) is 0 Å². The summed E-state index contributed by atoms with van der Waals surface area (Å²) in [6, 6.07) is 7.71. The Labute approximate surface area is 91.8 Å². The summed E-state index contributed by atoms with van der Waals surface area (Å²) >= 11 is 0. The van der Waals surface area contributed by atoms with Gasteiger partial charge < -0.3 is 14.0 Å². The second-order valence-electron chi connectivity index (χ2n) is 4.51. The Bertz CT molecular complexity index is 305. The summed E-state index contributed by atoms with van der Waals surface area (Å²) in [5.74, 6) is 1.60. The normalized spacial score (nSPS) is 11.2. The molecule has 0 atom stereocenters. The minimum atomic E-state index is 0.698. The van der Waals surface area contributed by atoms with Crippen LogP contribution in [0.4, 0.5) is 0 Å². The van der Waals surface area contributed by atoms with Gasteiger partial charge in [0.2, 0.25) is 0 Å². The summed E-state index contributed by atoms with van der Waals surface area (Å²) in [7, 11) is 8.09. The molecule has 0 saturated heterocycles. The Morgan fingerprint density at radius 3 is 2.20 bits per heavy atom. The molecule has 0 heterocycles. The third kappa shape index (κ3) is 4.21. The van der Waals surface area contributed by atoms with Gasteiger partial charge in [-0.3, -0.25) is 0 Å². The smallest absolute Gasteiger partial charge is 0.161 e. The Morgan fingerprint density at radius 2 is 1.67 bits per heavy atom. The quantitative estimate of drug-likeness (QED) is 0.690. The first-order valence-electron chi connectivity index (χ1n) is 5.09. The summed E-state index contributed by atoms with van der Waals surface area (Å²) in [6.45, 7) is 1.67. The van der Waals surface area contributed by atoms with Crippen LogP contribution in [-0.4, -0.2) is 45.9 Å². The van der Waals surface area contributed by atoms with Gasteiger partial charge in [0.1, 0.15) is 13.2 Å². The molecular weight excluding hydrogens is 190 g/mol. The van der Waals surface area contributed by atoms with E-state index in [1.54, 1.807) is 7.11 Å². The summed E-state index contributed by atoms with van der Waals surface area (Å²) in [6.07, 6.45) is 0. The molecule has 1 aromatic rings. The molecule has 0 bridgehead atoms. The number of ether oxygens (including phenoxy) is 2. The maximum Gasteiger partial charge on any atom is 0.161 e. The lowest BCUT2D eigenvalue weighted by Gasteiger charge is -2.23. The highest BCUT2D eigenvalue weighted by molar-refractivity contribution is 5.39. The minimum Gasteiger partial charge on any atom is -0.493 e. The first-order chi connectivity index (χ1) is 7.03. The molecule has 0 spiro atoms. The highest BCUT2D eigenvalue weighted by Crippen LogP contribution is 2.25. The molecule has 0 unspecified atom stereocenters. The average molecular weight is 210 g/mol. The molecule has 0 saturated carbocycles. The summed E-state index contributed by atoms with van der Waals surface area (Å²) in [5.41, 5.74) is 0. The van der Waals surface area contributed by atoms with Crippen LogP contribution in [0.25, 0.3) is 0 Å². The molecule has 3 heteroatoms. The maximum absolute atomic E-state index is 5.66. The van der Waals surface area contributed by atoms with Crippen molar-refractivity contribution in [2.75, 3.05) is 41.4 Å². The van der Waals surface area contributed by atoms with E-state index < -0.39 is 0 Å². The number of quaternary nitrogens is 1. The zero-order valence-corrected chi connectivity index (χ0v) is 9.99. The summed E-state index contributed by atoms with van der Waals surface area (Å²) < 4.78 is 11.8. The van der Waals surface area contributed by atoms with Gasteiger partial charge in [-0.25, -0.2) is 0 Å². The van der Waals surface area contributed by atoms with Crippen molar-refractivity contribution in [3.8, 4) is 11.5 Å². The van der Waals surface area contributed by atoms with E-state index >= 15 is 0 Å². The third-order valence-corrected chi connectivity index (χ3v) is 2.09. The Kier molecular flexibility index (Phi) is 3.97. The summed E-state index contributed by atoms with van der Waals surface area (Å²) in [5, 5.41) is 0. The van der Waals surface area contributed by atoms with Gasteiger partial charge in [0.15, 0.2) is 11.5 Å². The number of hydrogen-bond donors (Lipinski definition) is 0. The van der Waals surface area contributed by atoms with Crippen LogP contribution < -0.4 is 9.47 Å². The summed E-state index contributed by atoms with van der Waals surface area (Å²) in [4.78, 5) is 0. The molecule has 15 heavy (non-hydrogen) atoms. The molecule has 0 aliphatic carbocycles. The standard InChI is InChI=1S/C12H20NO2/c1-13(2,3)9-10-15-12-8-6-5-7-11(12)14-4/h5-8H,9-10H2,1-4H3/q+1. The van der Waals surface area contributed by atoms with E-state index in [4.69, 9.17) is 9.47 Å². The van der Waals surface area contributed by atoms with Crippen molar-refractivity contribution >= 4 is 0 Å². The molecule has 3 nitrogen and oxygen atoms in total. The van der Waals surface area contributed by atoms with Crippen molar-refractivity contribution in [3.63, 3.8) is 0 Å². The van der Waals surface area contributed by atoms with Crippen molar-refractivity contribution in [3.05, 3.63) is 24.3 Å². The fourth-order valence-electron chi connectivity index (χ4n) is 1.17. The molecule has 0 N–H and O–H groups in total. The lowest BCUT2D eigenvalue weighted by atomic mass is 10.3. The first-order valence-corrected chi connectivity index (χ1v) is 5.09. The van der Waals surface area contributed by atoms with Crippen molar-refractivity contribution in [1.82, 2.24) is 0 Å². The van der Waals surface area contributed by atoms with E-state index in [1.165, 1.54) is 0 Å². The van der Waals surface area contributed by atoms with E-state index in [9.17, 15) is 0 Å². The second-order valence-corrected chi connectivity index (χ2v) is 4.51. The highest BCUT2D eigenvalue weighted by Gasteiger charge is 2.08. The van der Waals surface area contributed by atoms with Crippen LogP contribution in [0.2, 0.25) is 0 Å². The van der Waals surface area contributed by atoms with Crippen LogP contribution in [0.3, 0.4) is 0 Å². The number of likely N-dealkylation sites (N-methyl/N-ethyl adjacent to an activating group) is 1. The number of methoxy groups -OCH3 is 1. The van der Waals surface area contributed by atoms with E-state index in [1.807, 2.05) is 24.3 Å². The number of rotatable bonds is 5. The number of hydrogen-bond acceptors (Lipinski definition) is 2. The van der Waals surface area contributed by atoms with Crippen LogP contribution >= 0.6 is 0 Å². The highest BCUT2D eigenvalue weighted by atomic mass is 16.5. The molecular formula is C12H20NO2+. The van der Waals surface area contributed by atoms with E-state index in [0.717, 1.165) is 22.5 Å². The third-order valence-electron chi connectivity index (χ3n) is 2.09. The predicted molar refractivity (Wildman–Crippen MR) is 61.4 cm³/mol. The molecule has 0 radical (unpaired) electrons. The molecule has 0 amide bonds. The van der Waals surface area contributed by atoms with E-state index in [2.05, 4.69) is 21.1 Å². The molecule has 0 aliphatic heterocycles. The Hall–Kier alpha value is -1.22. The Balaban J connectivity index is 2.50. The van der Waals surface area contributed by atoms with Gasteiger partial charge in [-0.2, -0.15) is 0 Å². The minimum absolute atomic E-state index is 0.698. The molecule has 84 valence electrons. The van der Waals surface area contributed by atoms with Gasteiger partial charge in [-0.15, -0.1) is 0 Å². The van der Waals surface area contributed by atoms with Crippen LogP contribution in [0.15, 0.2) is 24.3 Å². The lowest BCUT2D eigenvalue weighted by Crippen LogP contribution is -2.38. The molecule has 0 aliphatic rings. The topological polar surface area (TPSA) is 18.5 Å². The fraction of sp³-hybridized carbons (Fsp3) is 0.500. The van der Waals surface area contributed by atoms with Crippen LogP contribution in [0.5, 0.6) is 11.5 Å². The maximum atomic E-state index is 5.66. The zero-order chi connectivity index (χ0) is 11.3. The predicted octanol–water partition coefficient (Wildman–Crippen LogP) is 1.78. The van der Waals surface area contributed by atoms with Gasteiger partial charge in [0.05, 0.1) is 28.3 Å². The monoisotopic (exact) mass is 210 g/mol. The van der Waals surface area contributed by atoms with Crippen molar-refractivity contribution in [1.29, 1.82) is 0 Å². The molecule has 0 aromatic heterocycles. The molecule has 0 fully saturated rings. The largest absolute Gasteiger partial charge is 0.493 e. The van der Waals surface area contributed by atoms with Gasteiger partial charge in [-0.1, -0.05) is 12.1 Å². The number of benzene rings is 1. The van der Waals surface area contributed by atoms with Crippen molar-refractivity contribution in [2.24, 2.45) is 0 Å². The van der Waals surface area contributed by atoms with Gasteiger partial charge >= 0.3 is 0 Å². The van der Waals surface area contributed by atoms with Gasteiger partial charge in [0, 0.05) is 0 Å². The van der Waals surface area contributed by atoms with Gasteiger partial charge in [0.25, 0.3) is 0 Å². The van der Waals surface area contributed by atoms with Crippen LogP contribution in [0, 0.1) is 0 Å². The van der Waals surface area contributed by atoms with E-state index in [-0.39, 0.29) is 0 Å². The first kappa shape index (κ1) is 11.9. The molecule has 1 aromatic carbocycles.